The number of likely N-dealkylation sites (N-methyl/N-ethyl adjacent to an activating group) is 1. The van der Waals surface area contributed by atoms with E-state index in [-0.39, 0.29) is 18.4 Å². The van der Waals surface area contributed by atoms with Crippen LogP contribution in [0.25, 0.3) is 0 Å². The Morgan fingerprint density at radius 1 is 0.970 bits per heavy atom. The second kappa shape index (κ2) is 11.7. The number of carbonyl (C=O) groups is 2. The molecule has 1 aromatic heterocycles. The number of aryl methyl sites for hydroxylation is 1. The van der Waals surface area contributed by atoms with E-state index in [4.69, 9.17) is 9.47 Å². The highest BCUT2D eigenvalue weighted by Gasteiger charge is 2.18. The van der Waals surface area contributed by atoms with Gasteiger partial charge in [-0.2, -0.15) is 0 Å². The van der Waals surface area contributed by atoms with Crippen LogP contribution >= 0.6 is 0 Å². The van der Waals surface area contributed by atoms with E-state index < -0.39 is 0 Å². The monoisotopic (exact) mass is 447 g/mol. The van der Waals surface area contributed by atoms with Crippen LogP contribution in [0.5, 0.6) is 11.5 Å². The lowest BCUT2D eigenvalue weighted by Gasteiger charge is -2.19. The van der Waals surface area contributed by atoms with Gasteiger partial charge in [0.15, 0.2) is 11.5 Å². The Morgan fingerprint density at radius 2 is 1.73 bits per heavy atom. The van der Waals surface area contributed by atoms with Gasteiger partial charge < -0.3 is 19.7 Å². The largest absolute Gasteiger partial charge is 0.490 e. The number of para-hydroxylation sites is 1. The smallest absolute Gasteiger partial charge is 0.254 e. The molecule has 7 nitrogen and oxygen atoms in total. The van der Waals surface area contributed by atoms with Crippen LogP contribution in [0.3, 0.4) is 0 Å². The van der Waals surface area contributed by atoms with Gasteiger partial charge in [0, 0.05) is 30.7 Å². The molecule has 0 saturated heterocycles. The summed E-state index contributed by atoms with van der Waals surface area (Å²) in [4.78, 5) is 30.8. The molecule has 0 aliphatic heterocycles. The van der Waals surface area contributed by atoms with Gasteiger partial charge in [-0.05, 0) is 60.9 Å². The summed E-state index contributed by atoms with van der Waals surface area (Å²) in [6.07, 6.45) is 4.22. The van der Waals surface area contributed by atoms with E-state index in [0.717, 1.165) is 23.2 Å². The van der Waals surface area contributed by atoms with Crippen molar-refractivity contribution in [3.05, 3.63) is 83.7 Å². The van der Waals surface area contributed by atoms with Gasteiger partial charge in [0.1, 0.15) is 6.61 Å². The Labute approximate surface area is 194 Å². The summed E-state index contributed by atoms with van der Waals surface area (Å²) in [6, 6.07) is 16.4. The minimum absolute atomic E-state index is 0.0683. The predicted octanol–water partition coefficient (Wildman–Crippen LogP) is 4.33. The number of carbonyl (C=O) groups excluding carboxylic acids is 2. The molecule has 3 rings (SSSR count). The minimum atomic E-state index is -0.282. The first-order valence-electron chi connectivity index (χ1n) is 10.9. The van der Waals surface area contributed by atoms with Crippen molar-refractivity contribution >= 4 is 17.5 Å². The first kappa shape index (κ1) is 23.8. The topological polar surface area (TPSA) is 80.8 Å². The van der Waals surface area contributed by atoms with Gasteiger partial charge in [-0.15, -0.1) is 0 Å². The van der Waals surface area contributed by atoms with Crippen LogP contribution < -0.4 is 14.8 Å². The molecule has 0 unspecified atom stereocenters. The number of hydrogen-bond acceptors (Lipinski definition) is 5. The third-order valence-corrected chi connectivity index (χ3v) is 5.03. The molecular formula is C26H29N3O4. The lowest BCUT2D eigenvalue weighted by Crippen LogP contribution is -2.35. The fourth-order valence-corrected chi connectivity index (χ4v) is 3.32. The third-order valence-electron chi connectivity index (χ3n) is 5.03. The zero-order valence-corrected chi connectivity index (χ0v) is 19.2. The van der Waals surface area contributed by atoms with Crippen LogP contribution in [0.2, 0.25) is 0 Å². The van der Waals surface area contributed by atoms with Crippen LogP contribution in [0, 0.1) is 0 Å². The Morgan fingerprint density at radius 3 is 2.45 bits per heavy atom. The maximum Gasteiger partial charge on any atom is 0.254 e. The summed E-state index contributed by atoms with van der Waals surface area (Å²) in [6.45, 7) is 4.61. The number of ether oxygens (including phenoxy) is 2. The summed E-state index contributed by atoms with van der Waals surface area (Å²) in [5, 5.41) is 2.89. The number of anilines is 1. The van der Waals surface area contributed by atoms with Crippen molar-refractivity contribution in [1.82, 2.24) is 9.88 Å². The highest BCUT2D eigenvalue weighted by Crippen LogP contribution is 2.29. The standard InChI is InChI=1S/C26H29N3O4/c1-4-20-8-6-7-9-22(20)28-25(30)17-29(3)26(31)21-10-11-23(24(16-21)32-5-2)33-18-19-12-14-27-15-13-19/h6-16H,4-5,17-18H2,1-3H3,(H,28,30). The normalized spacial score (nSPS) is 10.4. The van der Waals surface area contributed by atoms with Crippen molar-refractivity contribution in [2.24, 2.45) is 0 Å². The quantitative estimate of drug-likeness (QED) is 0.500. The number of nitrogens with one attached hydrogen (secondary N) is 1. The molecule has 7 heteroatoms. The van der Waals surface area contributed by atoms with Crippen molar-refractivity contribution in [2.45, 2.75) is 26.9 Å². The number of amides is 2. The molecule has 2 aromatic carbocycles. The minimum Gasteiger partial charge on any atom is -0.490 e. The van der Waals surface area contributed by atoms with Crippen molar-refractivity contribution in [2.75, 3.05) is 25.5 Å². The third kappa shape index (κ3) is 6.55. The van der Waals surface area contributed by atoms with E-state index in [9.17, 15) is 9.59 Å². The number of nitrogens with zero attached hydrogens (tertiary/aromatic N) is 2. The van der Waals surface area contributed by atoms with Gasteiger partial charge in [0.2, 0.25) is 5.91 Å². The molecule has 3 aromatic rings. The summed E-state index contributed by atoms with van der Waals surface area (Å²) in [5.74, 6) is 0.485. The highest BCUT2D eigenvalue weighted by molar-refractivity contribution is 5.99. The van der Waals surface area contributed by atoms with Crippen molar-refractivity contribution < 1.29 is 19.1 Å². The van der Waals surface area contributed by atoms with E-state index in [1.807, 2.05) is 50.2 Å². The molecule has 172 valence electrons. The second-order valence-corrected chi connectivity index (χ2v) is 7.46. The van der Waals surface area contributed by atoms with Gasteiger partial charge in [0.25, 0.3) is 5.91 Å². The van der Waals surface area contributed by atoms with Crippen molar-refractivity contribution in [3.8, 4) is 11.5 Å². The average molecular weight is 448 g/mol. The highest BCUT2D eigenvalue weighted by atomic mass is 16.5. The van der Waals surface area contributed by atoms with E-state index >= 15 is 0 Å². The maximum absolute atomic E-state index is 12.9. The van der Waals surface area contributed by atoms with Crippen LogP contribution in [-0.2, 0) is 17.8 Å². The molecule has 0 spiro atoms. The molecule has 0 radical (unpaired) electrons. The number of pyridine rings is 1. The van der Waals surface area contributed by atoms with Gasteiger partial charge in [-0.1, -0.05) is 25.1 Å². The molecule has 1 heterocycles. The average Bonchev–Trinajstić information content (AvgIpc) is 2.83. The molecule has 1 N–H and O–H groups in total. The summed E-state index contributed by atoms with van der Waals surface area (Å²) in [7, 11) is 1.60. The first-order valence-corrected chi connectivity index (χ1v) is 10.9. The molecule has 0 bridgehead atoms. The summed E-state index contributed by atoms with van der Waals surface area (Å²) in [5.41, 5.74) is 3.20. The summed E-state index contributed by atoms with van der Waals surface area (Å²) >= 11 is 0. The number of hydrogen-bond donors (Lipinski definition) is 1. The molecule has 0 fully saturated rings. The van der Waals surface area contributed by atoms with E-state index in [0.29, 0.717) is 30.3 Å². The van der Waals surface area contributed by atoms with Crippen LogP contribution in [0.1, 0.15) is 35.3 Å². The Balaban J connectivity index is 1.66. The summed E-state index contributed by atoms with van der Waals surface area (Å²) < 4.78 is 11.6. The predicted molar refractivity (Wildman–Crippen MR) is 128 cm³/mol. The van der Waals surface area contributed by atoms with Crippen molar-refractivity contribution in [3.63, 3.8) is 0 Å². The van der Waals surface area contributed by atoms with E-state index in [2.05, 4.69) is 10.3 Å². The molecule has 0 atom stereocenters. The SMILES string of the molecule is CCOc1cc(C(=O)N(C)CC(=O)Nc2ccccc2CC)ccc1OCc1ccncc1. The van der Waals surface area contributed by atoms with E-state index in [1.165, 1.54) is 4.90 Å². The molecule has 2 amide bonds. The zero-order chi connectivity index (χ0) is 23.6. The Hall–Kier alpha value is -3.87. The number of rotatable bonds is 10. The molecule has 0 aliphatic carbocycles. The fraction of sp³-hybridized carbons (Fsp3) is 0.269. The van der Waals surface area contributed by atoms with Crippen LogP contribution in [-0.4, -0.2) is 41.9 Å². The first-order chi connectivity index (χ1) is 16.0. The fourth-order valence-electron chi connectivity index (χ4n) is 3.32. The van der Waals surface area contributed by atoms with E-state index in [1.54, 1.807) is 37.6 Å². The van der Waals surface area contributed by atoms with Crippen molar-refractivity contribution in [1.29, 1.82) is 0 Å². The van der Waals surface area contributed by atoms with Crippen LogP contribution in [0.15, 0.2) is 67.0 Å². The van der Waals surface area contributed by atoms with Gasteiger partial charge >= 0.3 is 0 Å². The second-order valence-electron chi connectivity index (χ2n) is 7.46. The molecule has 33 heavy (non-hydrogen) atoms. The van der Waals surface area contributed by atoms with Gasteiger partial charge in [-0.3, -0.25) is 14.6 Å². The van der Waals surface area contributed by atoms with Gasteiger partial charge in [-0.25, -0.2) is 0 Å². The Bertz CT molecular complexity index is 1090. The lowest BCUT2D eigenvalue weighted by atomic mass is 10.1. The maximum atomic E-state index is 12.9. The van der Waals surface area contributed by atoms with Crippen LogP contribution in [0.4, 0.5) is 5.69 Å². The number of aromatic nitrogens is 1. The number of benzene rings is 2. The molecular weight excluding hydrogens is 418 g/mol. The molecule has 0 saturated carbocycles. The Kier molecular flexibility index (Phi) is 8.41. The lowest BCUT2D eigenvalue weighted by molar-refractivity contribution is -0.116. The molecule has 0 aliphatic rings. The van der Waals surface area contributed by atoms with Gasteiger partial charge in [0.05, 0.1) is 13.2 Å². The zero-order valence-electron chi connectivity index (χ0n) is 19.2.